The molecule has 0 fully saturated rings. The Morgan fingerprint density at radius 2 is 1.69 bits per heavy atom. The van der Waals surface area contributed by atoms with Crippen LogP contribution in [0, 0.1) is 0 Å². The first-order valence-corrected chi connectivity index (χ1v) is 3.37. The predicted molar refractivity (Wildman–Crippen MR) is 39.8 cm³/mol. The molecule has 1 rings (SSSR count). The average Bonchev–Trinajstić information content (AvgIpc) is 2.08. The minimum atomic E-state index is -2.85. The van der Waals surface area contributed by atoms with Gasteiger partial charge in [0.2, 0.25) is 0 Å². The molecular formula is C8H6F2O3. The van der Waals surface area contributed by atoms with Crippen LogP contribution < -0.4 is 9.47 Å². The van der Waals surface area contributed by atoms with E-state index in [1.165, 1.54) is 24.3 Å². The van der Waals surface area contributed by atoms with Crippen LogP contribution in [0.5, 0.6) is 11.5 Å². The molecule has 0 spiro atoms. The second-order valence-corrected chi connectivity index (χ2v) is 2.06. The summed E-state index contributed by atoms with van der Waals surface area (Å²) in [4.78, 5) is 9.86. The van der Waals surface area contributed by atoms with Crippen LogP contribution in [0.2, 0.25) is 0 Å². The lowest BCUT2D eigenvalue weighted by Gasteiger charge is -2.03. The van der Waals surface area contributed by atoms with Crippen molar-refractivity contribution >= 4 is 6.47 Å². The first kappa shape index (κ1) is 9.44. The van der Waals surface area contributed by atoms with Gasteiger partial charge >= 0.3 is 6.61 Å². The summed E-state index contributed by atoms with van der Waals surface area (Å²) in [6.07, 6.45) is 0. The van der Waals surface area contributed by atoms with Gasteiger partial charge in [0.15, 0.2) is 0 Å². The largest absolute Gasteiger partial charge is 0.435 e. The third-order valence-electron chi connectivity index (χ3n) is 1.23. The van der Waals surface area contributed by atoms with E-state index in [0.717, 1.165) is 0 Å². The van der Waals surface area contributed by atoms with Crippen LogP contribution in [-0.4, -0.2) is 13.1 Å². The van der Waals surface area contributed by atoms with Crippen LogP contribution in [-0.2, 0) is 4.79 Å². The molecule has 5 heteroatoms. The minimum Gasteiger partial charge on any atom is -0.435 e. The summed E-state index contributed by atoms with van der Waals surface area (Å²) >= 11 is 0. The number of benzene rings is 1. The van der Waals surface area contributed by atoms with Crippen LogP contribution >= 0.6 is 0 Å². The minimum absolute atomic E-state index is 0.0215. The molecule has 1 aromatic rings. The molecule has 0 saturated carbocycles. The van der Waals surface area contributed by atoms with Gasteiger partial charge in [-0.1, -0.05) is 0 Å². The Kier molecular flexibility index (Phi) is 3.19. The van der Waals surface area contributed by atoms with E-state index in [2.05, 4.69) is 9.47 Å². The molecule has 0 aliphatic carbocycles. The monoisotopic (exact) mass is 188 g/mol. The second-order valence-electron chi connectivity index (χ2n) is 2.06. The third-order valence-corrected chi connectivity index (χ3v) is 1.23. The summed E-state index contributed by atoms with van der Waals surface area (Å²) in [5.74, 6) is 0.296. The number of alkyl halides is 2. The summed E-state index contributed by atoms with van der Waals surface area (Å²) in [6, 6.07) is 5.27. The number of carbonyl (C=O) groups excluding carboxylic acids is 1. The van der Waals surface area contributed by atoms with Crippen molar-refractivity contribution in [1.82, 2.24) is 0 Å². The molecule has 70 valence electrons. The highest BCUT2D eigenvalue weighted by molar-refractivity contribution is 5.45. The van der Waals surface area contributed by atoms with Gasteiger partial charge < -0.3 is 9.47 Å². The van der Waals surface area contributed by atoms with Gasteiger partial charge in [-0.25, -0.2) is 0 Å². The Morgan fingerprint density at radius 1 is 1.15 bits per heavy atom. The fraction of sp³-hybridized carbons (Fsp3) is 0.125. The van der Waals surface area contributed by atoms with Crippen molar-refractivity contribution in [2.24, 2.45) is 0 Å². The van der Waals surface area contributed by atoms with E-state index < -0.39 is 6.61 Å². The van der Waals surface area contributed by atoms with Gasteiger partial charge in [-0.2, -0.15) is 8.78 Å². The Balaban J connectivity index is 2.63. The normalized spacial score (nSPS) is 9.77. The third kappa shape index (κ3) is 3.06. The summed E-state index contributed by atoms with van der Waals surface area (Å²) in [5.41, 5.74) is 0. The first-order chi connectivity index (χ1) is 6.22. The molecule has 0 heterocycles. The number of hydrogen-bond donors (Lipinski definition) is 0. The maximum absolute atomic E-state index is 11.7. The summed E-state index contributed by atoms with van der Waals surface area (Å²) in [5, 5.41) is 0. The summed E-state index contributed by atoms with van der Waals surface area (Å²) in [6.45, 7) is -2.60. The van der Waals surface area contributed by atoms with Crippen LogP contribution in [0.15, 0.2) is 24.3 Å². The average molecular weight is 188 g/mol. The first-order valence-electron chi connectivity index (χ1n) is 3.37. The van der Waals surface area contributed by atoms with Crippen molar-refractivity contribution < 1.29 is 23.0 Å². The van der Waals surface area contributed by atoms with Gasteiger partial charge in [0.05, 0.1) is 0 Å². The zero-order chi connectivity index (χ0) is 9.68. The molecular weight excluding hydrogens is 182 g/mol. The predicted octanol–water partition coefficient (Wildman–Crippen LogP) is 1.82. The van der Waals surface area contributed by atoms with Gasteiger partial charge in [0, 0.05) is 0 Å². The Labute approximate surface area is 72.9 Å². The lowest BCUT2D eigenvalue weighted by molar-refractivity contribution is -0.120. The Morgan fingerprint density at radius 3 is 2.15 bits per heavy atom. The van der Waals surface area contributed by atoms with Crippen molar-refractivity contribution in [3.05, 3.63) is 24.3 Å². The molecule has 0 radical (unpaired) electrons. The standard InChI is InChI=1S/C8H6F2O3/c9-8(10)13-7-3-1-6(2-4-7)12-5-11/h1-5,8H. The van der Waals surface area contributed by atoms with Crippen molar-refractivity contribution in [2.45, 2.75) is 6.61 Å². The molecule has 0 saturated heterocycles. The molecule has 0 amide bonds. The molecule has 0 aliphatic rings. The highest BCUT2D eigenvalue weighted by Gasteiger charge is 2.03. The molecule has 0 N–H and O–H groups in total. The summed E-state index contributed by atoms with van der Waals surface area (Å²) in [7, 11) is 0. The molecule has 0 atom stereocenters. The fourth-order valence-electron chi connectivity index (χ4n) is 0.755. The van der Waals surface area contributed by atoms with Gasteiger partial charge in [-0.15, -0.1) is 0 Å². The van der Waals surface area contributed by atoms with Crippen molar-refractivity contribution in [3.8, 4) is 11.5 Å². The smallest absolute Gasteiger partial charge is 0.387 e. The van der Waals surface area contributed by atoms with Crippen LogP contribution in [0.25, 0.3) is 0 Å². The Bertz CT molecular complexity index is 271. The number of carbonyl (C=O) groups is 1. The second kappa shape index (κ2) is 4.39. The van der Waals surface area contributed by atoms with E-state index in [-0.39, 0.29) is 18.0 Å². The molecule has 0 bridgehead atoms. The highest BCUT2D eigenvalue weighted by Crippen LogP contribution is 2.18. The van der Waals surface area contributed by atoms with E-state index in [4.69, 9.17) is 0 Å². The van der Waals surface area contributed by atoms with Crippen LogP contribution in [0.1, 0.15) is 0 Å². The van der Waals surface area contributed by atoms with E-state index in [1.807, 2.05) is 0 Å². The van der Waals surface area contributed by atoms with Gasteiger partial charge in [0.25, 0.3) is 6.47 Å². The number of ether oxygens (including phenoxy) is 2. The van der Waals surface area contributed by atoms with E-state index in [0.29, 0.717) is 0 Å². The fourth-order valence-corrected chi connectivity index (χ4v) is 0.755. The zero-order valence-corrected chi connectivity index (χ0v) is 6.44. The Hall–Kier alpha value is -1.65. The quantitative estimate of drug-likeness (QED) is 0.676. The van der Waals surface area contributed by atoms with Crippen LogP contribution in [0.4, 0.5) is 8.78 Å². The molecule has 13 heavy (non-hydrogen) atoms. The maximum Gasteiger partial charge on any atom is 0.387 e. The van der Waals surface area contributed by atoms with E-state index in [1.54, 1.807) is 0 Å². The van der Waals surface area contributed by atoms with Gasteiger partial charge in [-0.05, 0) is 24.3 Å². The summed E-state index contributed by atoms with van der Waals surface area (Å²) < 4.78 is 31.8. The van der Waals surface area contributed by atoms with Gasteiger partial charge in [0.1, 0.15) is 11.5 Å². The highest BCUT2D eigenvalue weighted by atomic mass is 19.3. The van der Waals surface area contributed by atoms with Crippen LogP contribution in [0.3, 0.4) is 0 Å². The van der Waals surface area contributed by atoms with Crippen molar-refractivity contribution in [1.29, 1.82) is 0 Å². The molecule has 0 unspecified atom stereocenters. The molecule has 0 aliphatic heterocycles. The number of hydrogen-bond acceptors (Lipinski definition) is 3. The molecule has 0 aromatic heterocycles. The van der Waals surface area contributed by atoms with Gasteiger partial charge in [-0.3, -0.25) is 4.79 Å². The maximum atomic E-state index is 11.7. The topological polar surface area (TPSA) is 35.5 Å². The van der Waals surface area contributed by atoms with Crippen molar-refractivity contribution in [2.75, 3.05) is 0 Å². The zero-order valence-electron chi connectivity index (χ0n) is 6.44. The lowest BCUT2D eigenvalue weighted by atomic mass is 10.3. The SMILES string of the molecule is O=COc1ccc(OC(F)F)cc1. The van der Waals surface area contributed by atoms with E-state index >= 15 is 0 Å². The number of halogens is 2. The molecule has 1 aromatic carbocycles. The number of rotatable bonds is 4. The van der Waals surface area contributed by atoms with E-state index in [9.17, 15) is 13.6 Å². The molecule has 3 nitrogen and oxygen atoms in total. The van der Waals surface area contributed by atoms with Crippen molar-refractivity contribution in [3.63, 3.8) is 0 Å². The lowest BCUT2D eigenvalue weighted by Crippen LogP contribution is -2.01.